The second-order valence-corrected chi connectivity index (χ2v) is 7.78. The highest BCUT2D eigenvalue weighted by Gasteiger charge is 2.32. The second kappa shape index (κ2) is 7.82. The summed E-state index contributed by atoms with van der Waals surface area (Å²) in [5.41, 5.74) is 0.505. The van der Waals surface area contributed by atoms with Crippen LogP contribution in [0.1, 0.15) is 46.7 Å². The van der Waals surface area contributed by atoms with Crippen LogP contribution in [0.2, 0.25) is 0 Å². The van der Waals surface area contributed by atoms with Gasteiger partial charge in [-0.25, -0.2) is 4.98 Å². The van der Waals surface area contributed by atoms with Crippen molar-refractivity contribution in [3.05, 3.63) is 53.1 Å². The van der Waals surface area contributed by atoms with E-state index in [0.717, 1.165) is 37.9 Å². The smallest absolute Gasteiger partial charge is 0.335 e. The Kier molecular flexibility index (Phi) is 5.38. The van der Waals surface area contributed by atoms with Crippen molar-refractivity contribution in [3.63, 3.8) is 0 Å². The molecule has 8 heteroatoms. The first-order valence-electron chi connectivity index (χ1n) is 10.1. The van der Waals surface area contributed by atoms with E-state index in [1.165, 1.54) is 12.1 Å². The van der Waals surface area contributed by atoms with E-state index in [1.807, 2.05) is 9.47 Å². The van der Waals surface area contributed by atoms with Gasteiger partial charge < -0.3 is 14.4 Å². The first-order valence-corrected chi connectivity index (χ1v) is 10.1. The summed E-state index contributed by atoms with van der Waals surface area (Å²) in [4.78, 5) is 21.5. The average Bonchev–Trinajstić information content (AvgIpc) is 3.16. The Morgan fingerprint density at radius 1 is 1.21 bits per heavy atom. The number of hydrogen-bond acceptors (Lipinski definition) is 3. The maximum absolute atomic E-state index is 13.0. The third-order valence-electron chi connectivity index (χ3n) is 6.00. The van der Waals surface area contributed by atoms with Gasteiger partial charge in [0.05, 0.1) is 5.56 Å². The Labute approximate surface area is 168 Å². The van der Waals surface area contributed by atoms with Crippen molar-refractivity contribution in [2.24, 2.45) is 0 Å². The van der Waals surface area contributed by atoms with Crippen LogP contribution in [0.15, 0.2) is 30.5 Å². The van der Waals surface area contributed by atoms with Gasteiger partial charge in [-0.15, -0.1) is 0 Å². The van der Waals surface area contributed by atoms with E-state index in [0.29, 0.717) is 37.3 Å². The van der Waals surface area contributed by atoms with Crippen LogP contribution in [0.4, 0.5) is 13.2 Å². The second-order valence-electron chi connectivity index (χ2n) is 7.78. The standard InChI is InChI=1S/C21H25F3N4O/c1-2-26-8-10-27(11-9-26)20(29)18-14-28-13-16(6-7-19(28)25-18)15-4-3-5-17(12-15)21(22,23)24/h3-5,12,14,16H,2,6-11,13H2,1H3. The third-order valence-corrected chi connectivity index (χ3v) is 6.00. The van der Waals surface area contributed by atoms with Gasteiger partial charge in [0.2, 0.25) is 0 Å². The number of rotatable bonds is 3. The van der Waals surface area contributed by atoms with Gasteiger partial charge in [-0.3, -0.25) is 4.79 Å². The minimum Gasteiger partial charge on any atom is -0.335 e. The molecule has 4 rings (SSSR count). The fourth-order valence-electron chi connectivity index (χ4n) is 4.22. The molecular formula is C21H25F3N4O. The molecule has 0 spiro atoms. The minimum atomic E-state index is -4.34. The molecule has 5 nitrogen and oxygen atoms in total. The Bertz CT molecular complexity index is 884. The summed E-state index contributed by atoms with van der Waals surface area (Å²) in [5, 5.41) is 0. The fourth-order valence-corrected chi connectivity index (χ4v) is 4.22. The molecule has 0 N–H and O–H groups in total. The van der Waals surface area contributed by atoms with Crippen LogP contribution >= 0.6 is 0 Å². The summed E-state index contributed by atoms with van der Waals surface area (Å²) >= 11 is 0. The molecule has 29 heavy (non-hydrogen) atoms. The van der Waals surface area contributed by atoms with Crippen LogP contribution in [-0.4, -0.2) is 58.0 Å². The highest BCUT2D eigenvalue weighted by Crippen LogP contribution is 2.34. The normalized spacial score (nSPS) is 20.6. The van der Waals surface area contributed by atoms with Gasteiger partial charge in [0.1, 0.15) is 11.5 Å². The van der Waals surface area contributed by atoms with Gasteiger partial charge in [-0.2, -0.15) is 13.2 Å². The number of carbonyl (C=O) groups is 1. The number of nitrogens with zero attached hydrogens (tertiary/aromatic N) is 4. The van der Waals surface area contributed by atoms with Crippen molar-refractivity contribution >= 4 is 5.91 Å². The lowest BCUT2D eigenvalue weighted by Gasteiger charge is -2.33. The Morgan fingerprint density at radius 3 is 2.66 bits per heavy atom. The van der Waals surface area contributed by atoms with E-state index >= 15 is 0 Å². The lowest BCUT2D eigenvalue weighted by atomic mass is 9.90. The number of benzene rings is 1. The topological polar surface area (TPSA) is 41.4 Å². The van der Waals surface area contributed by atoms with Crippen molar-refractivity contribution in [1.29, 1.82) is 0 Å². The van der Waals surface area contributed by atoms with Crippen LogP contribution < -0.4 is 0 Å². The Balaban J connectivity index is 1.47. The van der Waals surface area contributed by atoms with Crippen molar-refractivity contribution < 1.29 is 18.0 Å². The van der Waals surface area contributed by atoms with E-state index in [-0.39, 0.29) is 11.8 Å². The van der Waals surface area contributed by atoms with Gasteiger partial charge in [-0.05, 0) is 24.6 Å². The number of aryl methyl sites for hydroxylation is 1. The number of imidazole rings is 1. The van der Waals surface area contributed by atoms with Crippen LogP contribution in [0, 0.1) is 0 Å². The van der Waals surface area contributed by atoms with Crippen LogP contribution in [-0.2, 0) is 19.1 Å². The summed E-state index contributed by atoms with van der Waals surface area (Å²) < 4.78 is 41.0. The molecule has 0 radical (unpaired) electrons. The Hall–Kier alpha value is -2.35. The van der Waals surface area contributed by atoms with Crippen molar-refractivity contribution in [1.82, 2.24) is 19.4 Å². The number of carbonyl (C=O) groups excluding carboxylic acids is 1. The Morgan fingerprint density at radius 2 is 1.97 bits per heavy atom. The zero-order valence-electron chi connectivity index (χ0n) is 16.5. The van der Waals surface area contributed by atoms with Gasteiger partial charge in [0, 0.05) is 51.3 Å². The highest BCUT2D eigenvalue weighted by molar-refractivity contribution is 5.92. The SMILES string of the molecule is CCN1CCN(C(=O)c2cn3c(n2)CCC(c2cccc(C(F)(F)F)c2)C3)CC1. The van der Waals surface area contributed by atoms with E-state index < -0.39 is 11.7 Å². The van der Waals surface area contributed by atoms with Crippen molar-refractivity contribution in [3.8, 4) is 0 Å². The maximum atomic E-state index is 13.0. The van der Waals surface area contributed by atoms with E-state index in [1.54, 1.807) is 12.3 Å². The third kappa shape index (κ3) is 4.17. The van der Waals surface area contributed by atoms with E-state index in [2.05, 4.69) is 16.8 Å². The fraction of sp³-hybridized carbons (Fsp3) is 0.524. The van der Waals surface area contributed by atoms with E-state index in [4.69, 9.17) is 0 Å². The molecule has 0 bridgehead atoms. The van der Waals surface area contributed by atoms with Crippen LogP contribution in [0.25, 0.3) is 0 Å². The number of hydrogen-bond donors (Lipinski definition) is 0. The molecule has 1 unspecified atom stereocenters. The first-order chi connectivity index (χ1) is 13.8. The minimum absolute atomic E-state index is 0.0185. The van der Waals surface area contributed by atoms with Gasteiger partial charge in [0.15, 0.2) is 0 Å². The number of fused-ring (bicyclic) bond motifs is 1. The molecule has 1 amide bonds. The summed E-state index contributed by atoms with van der Waals surface area (Å²) in [7, 11) is 0. The van der Waals surface area contributed by atoms with Crippen molar-refractivity contribution in [2.45, 2.75) is 38.4 Å². The van der Waals surface area contributed by atoms with Gasteiger partial charge in [-0.1, -0.05) is 25.1 Å². The molecular weight excluding hydrogens is 381 g/mol. The molecule has 156 valence electrons. The number of piperazine rings is 1. The predicted molar refractivity (Wildman–Crippen MR) is 103 cm³/mol. The lowest BCUT2D eigenvalue weighted by molar-refractivity contribution is -0.137. The first kappa shape index (κ1) is 19.9. The number of aromatic nitrogens is 2. The van der Waals surface area contributed by atoms with Crippen LogP contribution in [0.3, 0.4) is 0 Å². The molecule has 3 heterocycles. The van der Waals surface area contributed by atoms with Crippen molar-refractivity contribution in [2.75, 3.05) is 32.7 Å². The van der Waals surface area contributed by atoms with Crippen LogP contribution in [0.5, 0.6) is 0 Å². The van der Waals surface area contributed by atoms with Gasteiger partial charge >= 0.3 is 6.18 Å². The molecule has 1 aromatic carbocycles. The number of halogens is 3. The molecule has 1 aromatic heterocycles. The largest absolute Gasteiger partial charge is 0.416 e. The zero-order chi connectivity index (χ0) is 20.6. The number of alkyl halides is 3. The monoisotopic (exact) mass is 406 g/mol. The molecule has 0 aliphatic carbocycles. The maximum Gasteiger partial charge on any atom is 0.416 e. The molecule has 1 fully saturated rings. The molecule has 2 aromatic rings. The quantitative estimate of drug-likeness (QED) is 0.785. The highest BCUT2D eigenvalue weighted by atomic mass is 19.4. The predicted octanol–water partition coefficient (Wildman–Crippen LogP) is 3.41. The molecule has 2 aliphatic heterocycles. The summed E-state index contributed by atoms with van der Waals surface area (Å²) in [6, 6.07) is 5.56. The molecule has 2 aliphatic rings. The number of likely N-dealkylation sites (N-methyl/N-ethyl adjacent to an activating group) is 1. The number of amides is 1. The lowest BCUT2D eigenvalue weighted by Crippen LogP contribution is -2.48. The summed E-state index contributed by atoms with van der Waals surface area (Å²) in [6.45, 7) is 6.77. The molecule has 1 atom stereocenters. The van der Waals surface area contributed by atoms with Gasteiger partial charge in [0.25, 0.3) is 5.91 Å². The molecule has 1 saturated heterocycles. The van der Waals surface area contributed by atoms with E-state index in [9.17, 15) is 18.0 Å². The summed E-state index contributed by atoms with van der Waals surface area (Å²) in [6.07, 6.45) is -1.20. The summed E-state index contributed by atoms with van der Waals surface area (Å²) in [5.74, 6) is 0.761. The molecule has 0 saturated carbocycles. The zero-order valence-corrected chi connectivity index (χ0v) is 16.5. The average molecular weight is 406 g/mol.